The SMILES string of the molecule is CC(C)c1cccc(NCc2cn(C)c(=O)n(C)c2=O)c1. The molecule has 1 aromatic carbocycles. The molecule has 0 saturated carbocycles. The van der Waals surface area contributed by atoms with Gasteiger partial charge in [-0.25, -0.2) is 4.79 Å². The Morgan fingerprint density at radius 1 is 1.19 bits per heavy atom. The molecule has 0 aliphatic heterocycles. The van der Waals surface area contributed by atoms with Crippen molar-refractivity contribution in [2.75, 3.05) is 5.32 Å². The van der Waals surface area contributed by atoms with E-state index in [0.29, 0.717) is 18.0 Å². The lowest BCUT2D eigenvalue weighted by Crippen LogP contribution is -2.38. The lowest BCUT2D eigenvalue weighted by molar-refractivity contribution is 0.671. The molecule has 1 heterocycles. The number of nitrogens with zero attached hydrogens (tertiary/aromatic N) is 2. The first-order valence-corrected chi connectivity index (χ1v) is 6.99. The molecule has 0 fully saturated rings. The van der Waals surface area contributed by atoms with Crippen molar-refractivity contribution in [1.29, 1.82) is 0 Å². The van der Waals surface area contributed by atoms with Crippen molar-refractivity contribution in [3.63, 3.8) is 0 Å². The van der Waals surface area contributed by atoms with Gasteiger partial charge in [0, 0.05) is 32.5 Å². The van der Waals surface area contributed by atoms with E-state index in [2.05, 4.69) is 31.3 Å². The Bertz CT molecular complexity index is 757. The normalized spacial score (nSPS) is 10.9. The van der Waals surface area contributed by atoms with Gasteiger partial charge in [0.15, 0.2) is 0 Å². The summed E-state index contributed by atoms with van der Waals surface area (Å²) in [5.74, 6) is 0.456. The van der Waals surface area contributed by atoms with Crippen molar-refractivity contribution in [3.05, 3.63) is 62.4 Å². The highest BCUT2D eigenvalue weighted by atomic mass is 16.2. The Labute approximate surface area is 123 Å². The lowest BCUT2D eigenvalue weighted by Gasteiger charge is -2.11. The van der Waals surface area contributed by atoms with E-state index in [-0.39, 0.29) is 11.2 Å². The third kappa shape index (κ3) is 3.24. The number of hydrogen-bond acceptors (Lipinski definition) is 3. The number of anilines is 1. The second kappa shape index (κ2) is 5.99. The maximum absolute atomic E-state index is 12.0. The summed E-state index contributed by atoms with van der Waals surface area (Å²) in [6.07, 6.45) is 1.59. The summed E-state index contributed by atoms with van der Waals surface area (Å²) in [7, 11) is 3.14. The average Bonchev–Trinajstić information content (AvgIpc) is 2.47. The molecule has 0 aliphatic carbocycles. The summed E-state index contributed by atoms with van der Waals surface area (Å²) in [6, 6.07) is 8.13. The first-order chi connectivity index (χ1) is 9.90. The Kier molecular flexibility index (Phi) is 4.31. The summed E-state index contributed by atoms with van der Waals surface area (Å²) in [5, 5.41) is 3.24. The zero-order valence-corrected chi connectivity index (χ0v) is 12.9. The predicted molar refractivity (Wildman–Crippen MR) is 84.8 cm³/mol. The van der Waals surface area contributed by atoms with E-state index in [9.17, 15) is 9.59 Å². The third-order valence-electron chi connectivity index (χ3n) is 3.55. The smallest absolute Gasteiger partial charge is 0.330 e. The van der Waals surface area contributed by atoms with Crippen molar-refractivity contribution in [3.8, 4) is 0 Å². The molecule has 21 heavy (non-hydrogen) atoms. The van der Waals surface area contributed by atoms with Gasteiger partial charge in [0.1, 0.15) is 0 Å². The number of rotatable bonds is 4. The standard InChI is InChI=1S/C16H21N3O2/c1-11(2)12-6-5-7-14(8-12)17-9-13-10-18(3)16(21)19(4)15(13)20/h5-8,10-11,17H,9H2,1-4H3. The number of nitrogens with one attached hydrogen (secondary N) is 1. The van der Waals surface area contributed by atoms with Crippen molar-refractivity contribution in [2.45, 2.75) is 26.3 Å². The van der Waals surface area contributed by atoms with E-state index >= 15 is 0 Å². The van der Waals surface area contributed by atoms with E-state index in [0.717, 1.165) is 10.3 Å². The Hall–Kier alpha value is -2.30. The van der Waals surface area contributed by atoms with Crippen LogP contribution in [0, 0.1) is 0 Å². The highest BCUT2D eigenvalue weighted by Crippen LogP contribution is 2.18. The van der Waals surface area contributed by atoms with Crippen LogP contribution in [0.1, 0.15) is 30.9 Å². The van der Waals surface area contributed by atoms with Crippen LogP contribution in [0.4, 0.5) is 5.69 Å². The Morgan fingerprint density at radius 3 is 2.57 bits per heavy atom. The molecule has 5 nitrogen and oxygen atoms in total. The maximum Gasteiger partial charge on any atom is 0.330 e. The van der Waals surface area contributed by atoms with Crippen molar-refractivity contribution < 1.29 is 0 Å². The quantitative estimate of drug-likeness (QED) is 0.933. The first kappa shape index (κ1) is 15.1. The molecule has 112 valence electrons. The number of aryl methyl sites for hydroxylation is 1. The molecule has 1 N–H and O–H groups in total. The summed E-state index contributed by atoms with van der Waals surface area (Å²) >= 11 is 0. The zero-order chi connectivity index (χ0) is 15.6. The number of aromatic nitrogens is 2. The molecule has 0 atom stereocenters. The van der Waals surface area contributed by atoms with Crippen LogP contribution in [0.5, 0.6) is 0 Å². The summed E-state index contributed by atoms with van der Waals surface area (Å²) in [6.45, 7) is 4.67. The minimum absolute atomic E-state index is 0.259. The second-order valence-corrected chi connectivity index (χ2v) is 5.55. The monoisotopic (exact) mass is 287 g/mol. The largest absolute Gasteiger partial charge is 0.381 e. The van der Waals surface area contributed by atoms with Crippen LogP contribution < -0.4 is 16.6 Å². The van der Waals surface area contributed by atoms with Crippen LogP contribution in [-0.4, -0.2) is 9.13 Å². The van der Waals surface area contributed by atoms with Gasteiger partial charge >= 0.3 is 5.69 Å². The Morgan fingerprint density at radius 2 is 1.90 bits per heavy atom. The molecule has 0 unspecified atom stereocenters. The summed E-state index contributed by atoms with van der Waals surface area (Å²) in [5.41, 5.74) is 2.20. The van der Waals surface area contributed by atoms with Gasteiger partial charge in [0.05, 0.1) is 5.56 Å². The first-order valence-electron chi connectivity index (χ1n) is 6.99. The highest BCUT2D eigenvalue weighted by molar-refractivity contribution is 5.46. The molecule has 0 radical (unpaired) electrons. The Balaban J connectivity index is 2.23. The average molecular weight is 287 g/mol. The molecule has 0 spiro atoms. The number of benzene rings is 1. The van der Waals surface area contributed by atoms with E-state index in [1.807, 2.05) is 12.1 Å². The van der Waals surface area contributed by atoms with Gasteiger partial charge in [-0.3, -0.25) is 9.36 Å². The minimum Gasteiger partial charge on any atom is -0.381 e. The second-order valence-electron chi connectivity index (χ2n) is 5.55. The topological polar surface area (TPSA) is 56.0 Å². The molecule has 0 aliphatic rings. The third-order valence-corrected chi connectivity index (χ3v) is 3.55. The molecule has 2 rings (SSSR count). The molecular weight excluding hydrogens is 266 g/mol. The maximum atomic E-state index is 12.0. The van der Waals surface area contributed by atoms with Crippen LogP contribution in [-0.2, 0) is 20.6 Å². The highest BCUT2D eigenvalue weighted by Gasteiger charge is 2.07. The molecule has 1 aromatic heterocycles. The van der Waals surface area contributed by atoms with Gasteiger partial charge < -0.3 is 9.88 Å². The molecule has 5 heteroatoms. The minimum atomic E-state index is -0.314. The van der Waals surface area contributed by atoms with Gasteiger partial charge in [-0.05, 0) is 23.6 Å². The van der Waals surface area contributed by atoms with Crippen molar-refractivity contribution in [1.82, 2.24) is 9.13 Å². The van der Waals surface area contributed by atoms with E-state index in [4.69, 9.17) is 0 Å². The number of hydrogen-bond donors (Lipinski definition) is 1. The van der Waals surface area contributed by atoms with Gasteiger partial charge in [-0.2, -0.15) is 0 Å². The fourth-order valence-corrected chi connectivity index (χ4v) is 2.21. The predicted octanol–water partition coefficient (Wildman–Crippen LogP) is 1.82. The van der Waals surface area contributed by atoms with Crippen LogP contribution in [0.15, 0.2) is 40.1 Å². The van der Waals surface area contributed by atoms with Crippen LogP contribution >= 0.6 is 0 Å². The molecule has 0 saturated heterocycles. The van der Waals surface area contributed by atoms with E-state index in [1.54, 1.807) is 13.2 Å². The zero-order valence-electron chi connectivity index (χ0n) is 12.9. The van der Waals surface area contributed by atoms with Gasteiger partial charge in [-0.1, -0.05) is 26.0 Å². The van der Waals surface area contributed by atoms with E-state index in [1.165, 1.54) is 17.2 Å². The van der Waals surface area contributed by atoms with Gasteiger partial charge in [0.25, 0.3) is 5.56 Å². The van der Waals surface area contributed by atoms with Crippen LogP contribution in [0.25, 0.3) is 0 Å². The molecule has 0 bridgehead atoms. The molecule has 0 amide bonds. The van der Waals surface area contributed by atoms with Crippen molar-refractivity contribution in [2.24, 2.45) is 14.1 Å². The molecular formula is C16H21N3O2. The van der Waals surface area contributed by atoms with E-state index < -0.39 is 0 Å². The van der Waals surface area contributed by atoms with Crippen molar-refractivity contribution >= 4 is 5.69 Å². The summed E-state index contributed by atoms with van der Waals surface area (Å²) in [4.78, 5) is 23.7. The fourth-order valence-electron chi connectivity index (χ4n) is 2.21. The van der Waals surface area contributed by atoms with Gasteiger partial charge in [-0.15, -0.1) is 0 Å². The summed E-state index contributed by atoms with van der Waals surface area (Å²) < 4.78 is 2.55. The fraction of sp³-hybridized carbons (Fsp3) is 0.375. The molecule has 2 aromatic rings. The lowest BCUT2D eigenvalue weighted by atomic mass is 10.0. The van der Waals surface area contributed by atoms with Crippen LogP contribution in [0.2, 0.25) is 0 Å². The van der Waals surface area contributed by atoms with Crippen LogP contribution in [0.3, 0.4) is 0 Å². The van der Waals surface area contributed by atoms with Gasteiger partial charge in [0.2, 0.25) is 0 Å².